The van der Waals surface area contributed by atoms with E-state index in [0.717, 1.165) is 0 Å². The SMILES string of the molecule is CC(C)CC(NC(=O)OC(C)(C)C)/C(N)=N/OCC(=O)Nc1cccc(C(=O)N(C)C)c1. The van der Waals surface area contributed by atoms with Crippen LogP contribution in [0, 0.1) is 5.92 Å². The predicted molar refractivity (Wildman–Crippen MR) is 123 cm³/mol. The molecular weight excluding hydrogens is 414 g/mol. The minimum Gasteiger partial charge on any atom is -0.444 e. The Kier molecular flexibility index (Phi) is 9.96. The van der Waals surface area contributed by atoms with Crippen LogP contribution in [0.4, 0.5) is 10.5 Å². The number of alkyl carbamates (subject to hydrolysis) is 1. The Balaban J connectivity index is 2.69. The lowest BCUT2D eigenvalue weighted by Crippen LogP contribution is -2.47. The summed E-state index contributed by atoms with van der Waals surface area (Å²) in [5.74, 6) is -0.417. The second kappa shape index (κ2) is 11.9. The maximum Gasteiger partial charge on any atom is 0.408 e. The molecule has 0 bridgehead atoms. The molecule has 0 aliphatic rings. The first-order valence-corrected chi connectivity index (χ1v) is 10.3. The van der Waals surface area contributed by atoms with Gasteiger partial charge < -0.3 is 30.8 Å². The van der Waals surface area contributed by atoms with Crippen molar-refractivity contribution in [3.8, 4) is 0 Å². The van der Waals surface area contributed by atoms with Crippen molar-refractivity contribution < 1.29 is 24.0 Å². The molecule has 0 radical (unpaired) electrons. The lowest BCUT2D eigenvalue weighted by atomic mass is 10.0. The van der Waals surface area contributed by atoms with Crippen molar-refractivity contribution in [2.45, 2.75) is 52.7 Å². The third kappa shape index (κ3) is 10.1. The van der Waals surface area contributed by atoms with Crippen molar-refractivity contribution in [1.29, 1.82) is 0 Å². The summed E-state index contributed by atoms with van der Waals surface area (Å²) in [6.07, 6.45) is -0.109. The van der Waals surface area contributed by atoms with Crippen LogP contribution in [0.25, 0.3) is 0 Å². The van der Waals surface area contributed by atoms with Crippen molar-refractivity contribution in [2.75, 3.05) is 26.0 Å². The van der Waals surface area contributed by atoms with Crippen molar-refractivity contribution in [2.24, 2.45) is 16.8 Å². The van der Waals surface area contributed by atoms with E-state index in [4.69, 9.17) is 15.3 Å². The van der Waals surface area contributed by atoms with Gasteiger partial charge in [0.2, 0.25) is 0 Å². The molecule has 0 aromatic heterocycles. The Hall–Kier alpha value is -3.30. The molecule has 1 aromatic carbocycles. The molecule has 178 valence electrons. The van der Waals surface area contributed by atoms with E-state index in [1.165, 1.54) is 4.90 Å². The van der Waals surface area contributed by atoms with Gasteiger partial charge in [-0.25, -0.2) is 4.79 Å². The minimum atomic E-state index is -0.651. The van der Waals surface area contributed by atoms with Crippen LogP contribution in [0.2, 0.25) is 0 Å². The number of amidine groups is 1. The van der Waals surface area contributed by atoms with Gasteiger partial charge >= 0.3 is 6.09 Å². The highest BCUT2D eigenvalue weighted by Gasteiger charge is 2.23. The monoisotopic (exact) mass is 449 g/mol. The van der Waals surface area contributed by atoms with Crippen LogP contribution in [-0.4, -0.2) is 61.0 Å². The number of anilines is 1. The summed E-state index contributed by atoms with van der Waals surface area (Å²) in [6.45, 7) is 8.83. The van der Waals surface area contributed by atoms with Gasteiger partial charge in [-0.1, -0.05) is 25.1 Å². The highest BCUT2D eigenvalue weighted by atomic mass is 16.6. The average molecular weight is 450 g/mol. The highest BCUT2D eigenvalue weighted by Crippen LogP contribution is 2.12. The molecule has 0 aliphatic heterocycles. The summed E-state index contributed by atoms with van der Waals surface area (Å²) in [4.78, 5) is 42.8. The standard InChI is InChI=1S/C22H35N5O5/c1-14(2)11-17(25-21(30)32-22(3,4)5)19(23)26-31-13-18(28)24-16-10-8-9-15(12-16)20(29)27(6)7/h8-10,12,14,17H,11,13H2,1-7H3,(H2,23,26)(H,24,28)(H,25,30). The zero-order chi connectivity index (χ0) is 24.5. The molecule has 4 N–H and O–H groups in total. The Morgan fingerprint density at radius 3 is 2.41 bits per heavy atom. The lowest BCUT2D eigenvalue weighted by molar-refractivity contribution is -0.120. The largest absolute Gasteiger partial charge is 0.444 e. The summed E-state index contributed by atoms with van der Waals surface area (Å²) in [5.41, 5.74) is 6.22. The van der Waals surface area contributed by atoms with Crippen LogP contribution in [0.5, 0.6) is 0 Å². The van der Waals surface area contributed by atoms with Gasteiger partial charge in [0.15, 0.2) is 12.4 Å². The summed E-state index contributed by atoms with van der Waals surface area (Å²) >= 11 is 0. The number of benzene rings is 1. The molecular formula is C22H35N5O5. The van der Waals surface area contributed by atoms with Crippen LogP contribution >= 0.6 is 0 Å². The molecule has 0 spiro atoms. The number of nitrogens with one attached hydrogen (secondary N) is 2. The normalized spacial score (nSPS) is 12.7. The molecule has 0 saturated carbocycles. The summed E-state index contributed by atoms with van der Waals surface area (Å²) in [7, 11) is 3.29. The van der Waals surface area contributed by atoms with Crippen molar-refractivity contribution in [3.05, 3.63) is 29.8 Å². The van der Waals surface area contributed by atoms with Gasteiger partial charge in [-0.15, -0.1) is 0 Å². The molecule has 10 nitrogen and oxygen atoms in total. The number of carbonyl (C=O) groups is 3. The number of hydrogen-bond donors (Lipinski definition) is 3. The second-order valence-electron chi connectivity index (χ2n) is 8.95. The summed E-state index contributed by atoms with van der Waals surface area (Å²) in [6, 6.07) is 5.95. The first-order valence-electron chi connectivity index (χ1n) is 10.3. The first-order chi connectivity index (χ1) is 14.8. The summed E-state index contributed by atoms with van der Waals surface area (Å²) < 4.78 is 5.26. The van der Waals surface area contributed by atoms with Crippen LogP contribution in [0.15, 0.2) is 29.4 Å². The Morgan fingerprint density at radius 1 is 1.19 bits per heavy atom. The fraction of sp³-hybridized carbons (Fsp3) is 0.545. The number of rotatable bonds is 9. The van der Waals surface area contributed by atoms with Gasteiger partial charge in [-0.3, -0.25) is 9.59 Å². The minimum absolute atomic E-state index is 0.0240. The predicted octanol–water partition coefficient (Wildman–Crippen LogP) is 2.56. The van der Waals surface area contributed by atoms with Crippen LogP contribution in [-0.2, 0) is 14.4 Å². The smallest absolute Gasteiger partial charge is 0.408 e. The second-order valence-corrected chi connectivity index (χ2v) is 8.95. The molecule has 3 amide bonds. The number of oxime groups is 1. The Morgan fingerprint density at radius 2 is 1.84 bits per heavy atom. The number of nitrogens with zero attached hydrogens (tertiary/aromatic N) is 2. The molecule has 1 aromatic rings. The number of amides is 3. The number of ether oxygens (including phenoxy) is 1. The maximum absolute atomic E-state index is 12.2. The molecule has 10 heteroatoms. The van der Waals surface area contributed by atoms with Crippen molar-refractivity contribution in [1.82, 2.24) is 10.2 Å². The number of hydrogen-bond acceptors (Lipinski definition) is 6. The molecule has 1 unspecified atom stereocenters. The highest BCUT2D eigenvalue weighted by molar-refractivity contribution is 5.97. The number of carbonyl (C=O) groups excluding carboxylic acids is 3. The Bertz CT molecular complexity index is 830. The molecule has 32 heavy (non-hydrogen) atoms. The Labute approximate surface area is 189 Å². The molecule has 0 saturated heterocycles. The van der Waals surface area contributed by atoms with Gasteiger partial charge in [0.05, 0.1) is 6.04 Å². The third-order valence-corrected chi connectivity index (χ3v) is 3.92. The average Bonchev–Trinajstić information content (AvgIpc) is 2.65. The molecule has 0 aliphatic carbocycles. The number of nitrogens with two attached hydrogens (primary N) is 1. The van der Waals surface area contributed by atoms with E-state index in [0.29, 0.717) is 17.7 Å². The molecule has 1 rings (SSSR count). The lowest BCUT2D eigenvalue weighted by Gasteiger charge is -2.24. The first kappa shape index (κ1) is 26.7. The quantitative estimate of drug-likeness (QED) is 0.301. The fourth-order valence-corrected chi connectivity index (χ4v) is 2.59. The van der Waals surface area contributed by atoms with E-state index < -0.39 is 30.3 Å². The van der Waals surface area contributed by atoms with Crippen LogP contribution in [0.3, 0.4) is 0 Å². The van der Waals surface area contributed by atoms with Gasteiger partial charge in [0.1, 0.15) is 5.60 Å². The van der Waals surface area contributed by atoms with Crippen LogP contribution < -0.4 is 16.4 Å². The van der Waals surface area contributed by atoms with Gasteiger partial charge in [0, 0.05) is 25.3 Å². The van der Waals surface area contributed by atoms with Gasteiger partial charge in [-0.2, -0.15) is 0 Å². The summed E-state index contributed by atoms with van der Waals surface area (Å²) in [5, 5.41) is 9.09. The van der Waals surface area contributed by atoms with Crippen LogP contribution in [0.1, 0.15) is 51.4 Å². The molecule has 0 heterocycles. The van der Waals surface area contributed by atoms with E-state index in [2.05, 4.69) is 15.8 Å². The molecule has 1 atom stereocenters. The van der Waals surface area contributed by atoms with E-state index >= 15 is 0 Å². The molecule has 0 fully saturated rings. The van der Waals surface area contributed by atoms with Crippen molar-refractivity contribution in [3.63, 3.8) is 0 Å². The maximum atomic E-state index is 12.2. The van der Waals surface area contributed by atoms with E-state index in [1.807, 2.05) is 13.8 Å². The van der Waals surface area contributed by atoms with Gasteiger partial charge in [0.25, 0.3) is 11.8 Å². The van der Waals surface area contributed by atoms with Crippen molar-refractivity contribution >= 4 is 29.4 Å². The van der Waals surface area contributed by atoms with E-state index in [-0.39, 0.29) is 17.7 Å². The van der Waals surface area contributed by atoms with Gasteiger partial charge in [-0.05, 0) is 51.3 Å². The zero-order valence-electron chi connectivity index (χ0n) is 19.9. The third-order valence-electron chi connectivity index (χ3n) is 3.92. The topological polar surface area (TPSA) is 135 Å². The zero-order valence-corrected chi connectivity index (χ0v) is 19.9. The fourth-order valence-electron chi connectivity index (χ4n) is 2.59. The van der Waals surface area contributed by atoms with E-state index in [9.17, 15) is 14.4 Å². The van der Waals surface area contributed by atoms with E-state index in [1.54, 1.807) is 59.1 Å².